The molecule has 0 atom stereocenters. The number of hydrogen-bond donors (Lipinski definition) is 0. The van der Waals surface area contributed by atoms with E-state index >= 15 is 0 Å². The Hall–Kier alpha value is -3.08. The number of para-hydroxylation sites is 1. The van der Waals surface area contributed by atoms with Crippen LogP contribution in [0.3, 0.4) is 0 Å². The van der Waals surface area contributed by atoms with Crippen LogP contribution < -0.4 is 4.90 Å². The summed E-state index contributed by atoms with van der Waals surface area (Å²) in [6, 6.07) is 14.0. The van der Waals surface area contributed by atoms with Crippen LogP contribution in [0.25, 0.3) is 10.9 Å². The Bertz CT molecular complexity index is 1060. The molecule has 0 unspecified atom stereocenters. The first-order valence-electron chi connectivity index (χ1n) is 9.66. The number of amides is 1. The van der Waals surface area contributed by atoms with Crippen LogP contribution >= 0.6 is 0 Å². The number of carbonyl (C=O) groups is 2. The van der Waals surface area contributed by atoms with E-state index in [1.165, 1.54) is 16.8 Å². The van der Waals surface area contributed by atoms with E-state index in [4.69, 9.17) is 0 Å². The fourth-order valence-electron chi connectivity index (χ4n) is 4.01. The molecule has 4 rings (SSSR count). The molecule has 0 saturated carbocycles. The molecule has 5 nitrogen and oxygen atoms in total. The van der Waals surface area contributed by atoms with Gasteiger partial charge in [-0.05, 0) is 37.1 Å². The molecule has 144 valence electrons. The van der Waals surface area contributed by atoms with Gasteiger partial charge in [-0.2, -0.15) is 0 Å². The van der Waals surface area contributed by atoms with Gasteiger partial charge in [-0.15, -0.1) is 0 Å². The summed E-state index contributed by atoms with van der Waals surface area (Å²) in [6.07, 6.45) is 1.76. The van der Waals surface area contributed by atoms with Crippen molar-refractivity contribution in [1.29, 1.82) is 0 Å². The van der Waals surface area contributed by atoms with Crippen LogP contribution in [-0.4, -0.2) is 47.3 Å². The average Bonchev–Trinajstić information content (AvgIpc) is 3.06. The molecule has 2 aromatic carbocycles. The monoisotopic (exact) mass is 375 g/mol. The Morgan fingerprint density at radius 2 is 1.61 bits per heavy atom. The number of fused-ring (bicyclic) bond motifs is 1. The lowest BCUT2D eigenvalue weighted by Crippen LogP contribution is -2.50. The van der Waals surface area contributed by atoms with E-state index in [1.54, 1.807) is 11.1 Å². The standard InChI is InChI=1S/C23H25N3O2/c1-16-7-6-10-20(17(16)2)25-11-13-26(14-12-25)23(28)22(27)19-15-24(3)21-9-5-4-8-18(19)21/h4-10,15H,11-14H2,1-3H3. The Morgan fingerprint density at radius 3 is 2.36 bits per heavy atom. The molecule has 1 amide bonds. The number of Topliss-reactive ketones (excluding diaryl/α,β-unsaturated/α-hetero) is 1. The van der Waals surface area contributed by atoms with E-state index in [0.717, 1.165) is 24.0 Å². The van der Waals surface area contributed by atoms with Gasteiger partial charge in [0.2, 0.25) is 0 Å². The predicted octanol–water partition coefficient (Wildman–Crippen LogP) is 3.33. The number of carbonyl (C=O) groups excluding carboxylic acids is 2. The van der Waals surface area contributed by atoms with Gasteiger partial charge < -0.3 is 14.4 Å². The first-order chi connectivity index (χ1) is 13.5. The van der Waals surface area contributed by atoms with Crippen LogP contribution in [0.4, 0.5) is 5.69 Å². The van der Waals surface area contributed by atoms with Gasteiger partial charge in [0.25, 0.3) is 11.7 Å². The molecule has 0 N–H and O–H groups in total. The third kappa shape index (κ3) is 3.07. The maximum atomic E-state index is 12.9. The lowest BCUT2D eigenvalue weighted by atomic mass is 10.1. The Balaban J connectivity index is 1.49. The number of aromatic nitrogens is 1. The fourth-order valence-corrected chi connectivity index (χ4v) is 4.01. The molecule has 0 bridgehead atoms. The van der Waals surface area contributed by atoms with Crippen LogP contribution in [-0.2, 0) is 11.8 Å². The van der Waals surface area contributed by atoms with Gasteiger partial charge in [0.05, 0.1) is 5.56 Å². The second-order valence-electron chi connectivity index (χ2n) is 7.50. The van der Waals surface area contributed by atoms with Crippen LogP contribution in [0.1, 0.15) is 21.5 Å². The third-order valence-corrected chi connectivity index (χ3v) is 5.82. The van der Waals surface area contributed by atoms with Crippen molar-refractivity contribution in [2.24, 2.45) is 7.05 Å². The minimum atomic E-state index is -0.419. The molecule has 1 fully saturated rings. The van der Waals surface area contributed by atoms with Gasteiger partial charge in [-0.3, -0.25) is 9.59 Å². The number of nitrogens with zero attached hydrogens (tertiary/aromatic N) is 3. The van der Waals surface area contributed by atoms with Gasteiger partial charge in [-0.1, -0.05) is 30.3 Å². The van der Waals surface area contributed by atoms with Gasteiger partial charge in [0.15, 0.2) is 0 Å². The molecule has 2 heterocycles. The smallest absolute Gasteiger partial charge is 0.295 e. The van der Waals surface area contributed by atoms with E-state index in [9.17, 15) is 9.59 Å². The maximum absolute atomic E-state index is 12.9. The molecule has 1 aliphatic rings. The summed E-state index contributed by atoms with van der Waals surface area (Å²) in [5.41, 5.74) is 5.20. The first-order valence-corrected chi connectivity index (χ1v) is 9.66. The second-order valence-corrected chi connectivity index (χ2v) is 7.50. The number of piperazine rings is 1. The zero-order valence-electron chi connectivity index (χ0n) is 16.6. The SMILES string of the molecule is Cc1cccc(N2CCN(C(=O)C(=O)c3cn(C)c4ccccc34)CC2)c1C. The quantitative estimate of drug-likeness (QED) is 0.521. The van der Waals surface area contributed by atoms with Crippen molar-refractivity contribution in [3.8, 4) is 0 Å². The van der Waals surface area contributed by atoms with Gasteiger partial charge in [-0.25, -0.2) is 0 Å². The van der Waals surface area contributed by atoms with E-state index in [-0.39, 0.29) is 0 Å². The van der Waals surface area contributed by atoms with E-state index in [0.29, 0.717) is 18.7 Å². The van der Waals surface area contributed by atoms with E-state index in [1.807, 2.05) is 35.9 Å². The second kappa shape index (κ2) is 7.15. The zero-order valence-corrected chi connectivity index (χ0v) is 16.6. The highest BCUT2D eigenvalue weighted by Gasteiger charge is 2.29. The zero-order chi connectivity index (χ0) is 19.8. The number of ketones is 1. The molecule has 5 heteroatoms. The molecule has 1 saturated heterocycles. The topological polar surface area (TPSA) is 45.6 Å². The Labute approximate surface area is 165 Å². The summed E-state index contributed by atoms with van der Waals surface area (Å²) in [5, 5.41) is 0.831. The molecule has 0 radical (unpaired) electrons. The van der Waals surface area contributed by atoms with E-state index < -0.39 is 11.7 Å². The van der Waals surface area contributed by atoms with Crippen molar-refractivity contribution in [1.82, 2.24) is 9.47 Å². The van der Waals surface area contributed by atoms with Crippen molar-refractivity contribution < 1.29 is 9.59 Å². The molecule has 28 heavy (non-hydrogen) atoms. The Morgan fingerprint density at radius 1 is 0.893 bits per heavy atom. The van der Waals surface area contributed by atoms with Gasteiger partial charge in [0, 0.05) is 56.0 Å². The van der Waals surface area contributed by atoms with Gasteiger partial charge in [0.1, 0.15) is 0 Å². The number of rotatable bonds is 3. The third-order valence-electron chi connectivity index (χ3n) is 5.82. The molecule has 1 aromatic heterocycles. The molecule has 0 spiro atoms. The van der Waals surface area contributed by atoms with Crippen LogP contribution in [0.15, 0.2) is 48.7 Å². The van der Waals surface area contributed by atoms with Crippen molar-refractivity contribution in [2.45, 2.75) is 13.8 Å². The molecule has 0 aliphatic carbocycles. The highest BCUT2D eigenvalue weighted by molar-refractivity contribution is 6.44. The highest BCUT2D eigenvalue weighted by Crippen LogP contribution is 2.25. The lowest BCUT2D eigenvalue weighted by molar-refractivity contribution is -0.126. The number of aryl methyl sites for hydroxylation is 2. The summed E-state index contributed by atoms with van der Waals surface area (Å²) < 4.78 is 1.90. The van der Waals surface area contributed by atoms with Crippen LogP contribution in [0, 0.1) is 13.8 Å². The minimum Gasteiger partial charge on any atom is -0.368 e. The van der Waals surface area contributed by atoms with Crippen molar-refractivity contribution in [3.63, 3.8) is 0 Å². The lowest BCUT2D eigenvalue weighted by Gasteiger charge is -2.36. The van der Waals surface area contributed by atoms with Crippen molar-refractivity contribution in [2.75, 3.05) is 31.1 Å². The summed E-state index contributed by atoms with van der Waals surface area (Å²) in [4.78, 5) is 29.8. The highest BCUT2D eigenvalue weighted by atomic mass is 16.2. The van der Waals surface area contributed by atoms with Crippen molar-refractivity contribution in [3.05, 3.63) is 65.4 Å². The number of benzene rings is 2. The average molecular weight is 375 g/mol. The summed E-state index contributed by atoms with van der Waals surface area (Å²) in [6.45, 7) is 6.83. The van der Waals surface area contributed by atoms with Gasteiger partial charge >= 0.3 is 0 Å². The maximum Gasteiger partial charge on any atom is 0.295 e. The predicted molar refractivity (Wildman–Crippen MR) is 112 cm³/mol. The number of hydrogen-bond acceptors (Lipinski definition) is 3. The summed E-state index contributed by atoms with van der Waals surface area (Å²) in [7, 11) is 1.90. The molecular weight excluding hydrogens is 350 g/mol. The molecule has 1 aliphatic heterocycles. The largest absolute Gasteiger partial charge is 0.368 e. The normalized spacial score (nSPS) is 14.5. The molecule has 3 aromatic rings. The minimum absolute atomic E-state index is 0.406. The van der Waals surface area contributed by atoms with Crippen LogP contribution in [0.5, 0.6) is 0 Å². The molecular formula is C23H25N3O2. The Kier molecular flexibility index (Phi) is 4.67. The van der Waals surface area contributed by atoms with Crippen LogP contribution in [0.2, 0.25) is 0 Å². The first kappa shape index (κ1) is 18.3. The summed E-state index contributed by atoms with van der Waals surface area (Å²) >= 11 is 0. The van der Waals surface area contributed by atoms with E-state index in [2.05, 4.69) is 36.9 Å². The van der Waals surface area contributed by atoms with Crippen molar-refractivity contribution >= 4 is 28.3 Å². The summed E-state index contributed by atoms with van der Waals surface area (Å²) in [5.74, 6) is -0.825. The fraction of sp³-hybridized carbons (Fsp3) is 0.304. The number of anilines is 1.